The highest BCUT2D eigenvalue weighted by molar-refractivity contribution is 5.86. The molecule has 21 heavy (non-hydrogen) atoms. The van der Waals surface area contributed by atoms with Crippen LogP contribution in [0.3, 0.4) is 0 Å². The zero-order valence-electron chi connectivity index (χ0n) is 11.8. The first-order chi connectivity index (χ1) is 9.93. The normalized spacial score (nSPS) is 12.9. The van der Waals surface area contributed by atoms with Crippen LogP contribution in [0.15, 0.2) is 30.3 Å². The van der Waals surface area contributed by atoms with Crippen molar-refractivity contribution in [1.29, 1.82) is 0 Å². The van der Waals surface area contributed by atoms with Crippen LogP contribution >= 0.6 is 0 Å². The molecule has 7 heteroatoms. The molecule has 0 heterocycles. The van der Waals surface area contributed by atoms with E-state index in [1.165, 1.54) is 14.0 Å². The first kappa shape index (κ1) is 16.5. The van der Waals surface area contributed by atoms with Gasteiger partial charge in [0, 0.05) is 6.42 Å². The molecular weight excluding hydrogens is 276 g/mol. The summed E-state index contributed by atoms with van der Waals surface area (Å²) < 4.78 is 4.64. The highest BCUT2D eigenvalue weighted by Crippen LogP contribution is 2.04. The maximum atomic E-state index is 11.7. The number of carbonyl (C=O) groups excluding carboxylic acids is 2. The molecule has 3 N–H and O–H groups in total. The van der Waals surface area contributed by atoms with Crippen molar-refractivity contribution in [2.75, 3.05) is 7.11 Å². The third-order valence-electron chi connectivity index (χ3n) is 2.79. The van der Waals surface area contributed by atoms with Gasteiger partial charge in [0.05, 0.1) is 7.11 Å². The van der Waals surface area contributed by atoms with Gasteiger partial charge in [-0.1, -0.05) is 30.3 Å². The molecule has 0 bridgehead atoms. The average molecular weight is 294 g/mol. The van der Waals surface area contributed by atoms with Gasteiger partial charge < -0.3 is 20.5 Å². The molecule has 0 saturated carbocycles. The topological polar surface area (TPSA) is 105 Å². The van der Waals surface area contributed by atoms with Gasteiger partial charge in [0.2, 0.25) is 0 Å². The lowest BCUT2D eigenvalue weighted by Crippen LogP contribution is -2.51. The van der Waals surface area contributed by atoms with Crippen LogP contribution in [0, 0.1) is 0 Å². The van der Waals surface area contributed by atoms with Crippen LogP contribution in [-0.2, 0) is 20.7 Å². The molecule has 114 valence electrons. The zero-order chi connectivity index (χ0) is 15.8. The van der Waals surface area contributed by atoms with Gasteiger partial charge in [0.25, 0.3) is 0 Å². The van der Waals surface area contributed by atoms with Gasteiger partial charge in [-0.2, -0.15) is 0 Å². The highest BCUT2D eigenvalue weighted by Gasteiger charge is 2.23. The van der Waals surface area contributed by atoms with E-state index in [1.807, 2.05) is 30.3 Å². The Morgan fingerprint density at radius 3 is 2.33 bits per heavy atom. The van der Waals surface area contributed by atoms with Crippen molar-refractivity contribution in [2.24, 2.45) is 0 Å². The molecule has 1 unspecified atom stereocenters. The van der Waals surface area contributed by atoms with Crippen LogP contribution in [-0.4, -0.2) is 42.3 Å². The first-order valence-electron chi connectivity index (χ1n) is 6.35. The molecule has 1 rings (SSSR count). The van der Waals surface area contributed by atoms with E-state index in [0.29, 0.717) is 0 Å². The SMILES string of the molecule is COC(=O)[C@H](Cc1ccccc1)NC(=O)NC(C)C(=O)O. The number of ether oxygens (including phenoxy) is 1. The number of urea groups is 1. The van der Waals surface area contributed by atoms with Crippen molar-refractivity contribution < 1.29 is 24.2 Å². The number of nitrogens with one attached hydrogen (secondary N) is 2. The molecule has 0 spiro atoms. The van der Waals surface area contributed by atoms with Crippen LogP contribution in [0.2, 0.25) is 0 Å². The Morgan fingerprint density at radius 1 is 1.19 bits per heavy atom. The molecule has 0 aromatic heterocycles. The summed E-state index contributed by atoms with van der Waals surface area (Å²) in [6.07, 6.45) is 0.252. The number of hydrogen-bond donors (Lipinski definition) is 3. The Balaban J connectivity index is 2.68. The van der Waals surface area contributed by atoms with Crippen LogP contribution in [0.1, 0.15) is 12.5 Å². The van der Waals surface area contributed by atoms with E-state index in [1.54, 1.807) is 0 Å². The van der Waals surface area contributed by atoms with E-state index in [9.17, 15) is 14.4 Å². The molecule has 1 aromatic rings. The summed E-state index contributed by atoms with van der Waals surface area (Å²) in [5.74, 6) is -1.76. The van der Waals surface area contributed by atoms with E-state index in [0.717, 1.165) is 5.56 Å². The Kier molecular flexibility index (Phi) is 6.19. The van der Waals surface area contributed by atoms with Crippen molar-refractivity contribution in [2.45, 2.75) is 25.4 Å². The van der Waals surface area contributed by atoms with Gasteiger partial charge >= 0.3 is 18.0 Å². The van der Waals surface area contributed by atoms with Crippen molar-refractivity contribution in [3.63, 3.8) is 0 Å². The lowest BCUT2D eigenvalue weighted by molar-refractivity contribution is -0.142. The Bertz CT molecular complexity index is 503. The number of benzene rings is 1. The Labute approximate surface area is 122 Å². The molecule has 2 amide bonds. The predicted octanol–water partition coefficient (Wildman–Crippen LogP) is 0.543. The largest absolute Gasteiger partial charge is 0.480 e. The summed E-state index contributed by atoms with van der Waals surface area (Å²) >= 11 is 0. The maximum Gasteiger partial charge on any atom is 0.328 e. The molecule has 0 aliphatic carbocycles. The molecule has 0 aliphatic rings. The summed E-state index contributed by atoms with van der Waals surface area (Å²) in [5, 5.41) is 13.4. The van der Waals surface area contributed by atoms with Crippen molar-refractivity contribution in [3.05, 3.63) is 35.9 Å². The average Bonchev–Trinajstić information content (AvgIpc) is 2.46. The van der Waals surface area contributed by atoms with Gasteiger partial charge in [0.1, 0.15) is 12.1 Å². The highest BCUT2D eigenvalue weighted by atomic mass is 16.5. The first-order valence-corrected chi connectivity index (χ1v) is 6.35. The number of methoxy groups -OCH3 is 1. The number of esters is 1. The maximum absolute atomic E-state index is 11.7. The van der Waals surface area contributed by atoms with Crippen LogP contribution in [0.5, 0.6) is 0 Å². The second kappa shape index (κ2) is 7.88. The molecule has 0 fully saturated rings. The van der Waals surface area contributed by atoms with Gasteiger partial charge in [-0.3, -0.25) is 4.79 Å². The summed E-state index contributed by atoms with van der Waals surface area (Å²) in [5.41, 5.74) is 0.847. The van der Waals surface area contributed by atoms with Crippen LogP contribution < -0.4 is 10.6 Å². The van der Waals surface area contributed by atoms with Gasteiger partial charge in [-0.15, -0.1) is 0 Å². The fraction of sp³-hybridized carbons (Fsp3) is 0.357. The molecule has 0 saturated heterocycles. The molecular formula is C14H18N2O5. The van der Waals surface area contributed by atoms with Crippen molar-refractivity contribution in [1.82, 2.24) is 10.6 Å². The minimum Gasteiger partial charge on any atom is -0.480 e. The lowest BCUT2D eigenvalue weighted by atomic mass is 10.1. The van der Waals surface area contributed by atoms with E-state index in [-0.39, 0.29) is 6.42 Å². The summed E-state index contributed by atoms with van der Waals surface area (Å²) in [6, 6.07) is 6.41. The second-order valence-electron chi connectivity index (χ2n) is 4.44. The second-order valence-corrected chi connectivity index (χ2v) is 4.44. The minimum absolute atomic E-state index is 0.252. The smallest absolute Gasteiger partial charge is 0.328 e. The lowest BCUT2D eigenvalue weighted by Gasteiger charge is -2.18. The van der Waals surface area contributed by atoms with Gasteiger partial charge in [-0.05, 0) is 12.5 Å². The van der Waals surface area contributed by atoms with Gasteiger partial charge in [-0.25, -0.2) is 9.59 Å². The number of rotatable bonds is 6. The van der Waals surface area contributed by atoms with E-state index >= 15 is 0 Å². The molecule has 0 radical (unpaired) electrons. The molecule has 0 aliphatic heterocycles. The third kappa shape index (κ3) is 5.52. The predicted molar refractivity (Wildman–Crippen MR) is 74.7 cm³/mol. The number of carboxylic acid groups (broad SMARTS) is 1. The van der Waals surface area contributed by atoms with E-state index < -0.39 is 30.1 Å². The summed E-state index contributed by atoms with van der Waals surface area (Å²) in [4.78, 5) is 34.0. The number of carbonyl (C=O) groups is 3. The molecule has 2 atom stereocenters. The fourth-order valence-electron chi connectivity index (χ4n) is 1.64. The van der Waals surface area contributed by atoms with Crippen molar-refractivity contribution in [3.8, 4) is 0 Å². The number of hydrogen-bond acceptors (Lipinski definition) is 4. The molecule has 1 aromatic carbocycles. The summed E-state index contributed by atoms with van der Waals surface area (Å²) in [7, 11) is 1.22. The van der Waals surface area contributed by atoms with Gasteiger partial charge in [0.15, 0.2) is 0 Å². The number of carboxylic acids is 1. The fourth-order valence-corrected chi connectivity index (χ4v) is 1.64. The zero-order valence-corrected chi connectivity index (χ0v) is 11.8. The third-order valence-corrected chi connectivity index (χ3v) is 2.79. The van der Waals surface area contributed by atoms with Crippen LogP contribution in [0.25, 0.3) is 0 Å². The number of aliphatic carboxylic acids is 1. The van der Waals surface area contributed by atoms with Crippen LogP contribution in [0.4, 0.5) is 4.79 Å². The van der Waals surface area contributed by atoms with E-state index in [4.69, 9.17) is 5.11 Å². The minimum atomic E-state index is -1.16. The Morgan fingerprint density at radius 2 is 1.81 bits per heavy atom. The molecule has 7 nitrogen and oxygen atoms in total. The summed E-state index contributed by atoms with van der Waals surface area (Å²) in [6.45, 7) is 1.33. The standard InChI is InChI=1S/C14H18N2O5/c1-9(12(17)18)15-14(20)16-11(13(19)21-2)8-10-6-4-3-5-7-10/h3-7,9,11H,8H2,1-2H3,(H,17,18)(H2,15,16,20)/t9?,11-/m0/s1. The van der Waals surface area contributed by atoms with E-state index in [2.05, 4.69) is 15.4 Å². The number of amides is 2. The van der Waals surface area contributed by atoms with Crippen molar-refractivity contribution >= 4 is 18.0 Å². The Hall–Kier alpha value is -2.57. The quantitative estimate of drug-likeness (QED) is 0.664. The monoisotopic (exact) mass is 294 g/mol.